The SMILES string of the molecule is Cc1ccc(CC(=O)N2CCN(CC(=O)N(C)CCC#N)CC2)cc1. The molecule has 0 saturated carbocycles. The third-order valence-corrected chi connectivity index (χ3v) is 4.54. The fraction of sp³-hybridized carbons (Fsp3) is 0.526. The number of hydrogen-bond acceptors (Lipinski definition) is 4. The maximum Gasteiger partial charge on any atom is 0.236 e. The molecule has 0 spiro atoms. The first-order chi connectivity index (χ1) is 12.0. The predicted molar refractivity (Wildman–Crippen MR) is 95.8 cm³/mol. The van der Waals surface area contributed by atoms with Crippen LogP contribution in [0.3, 0.4) is 0 Å². The first-order valence-electron chi connectivity index (χ1n) is 8.66. The summed E-state index contributed by atoms with van der Waals surface area (Å²) in [5.41, 5.74) is 2.22. The van der Waals surface area contributed by atoms with Crippen LogP contribution in [-0.2, 0) is 16.0 Å². The average molecular weight is 342 g/mol. The van der Waals surface area contributed by atoms with Gasteiger partial charge in [0.1, 0.15) is 0 Å². The Kier molecular flexibility index (Phi) is 6.96. The van der Waals surface area contributed by atoms with Gasteiger partial charge >= 0.3 is 0 Å². The summed E-state index contributed by atoms with van der Waals surface area (Å²) in [5, 5.41) is 8.58. The van der Waals surface area contributed by atoms with Crippen molar-refractivity contribution < 1.29 is 9.59 Å². The molecule has 0 radical (unpaired) electrons. The second-order valence-corrected chi connectivity index (χ2v) is 6.54. The van der Waals surface area contributed by atoms with E-state index in [-0.39, 0.29) is 11.8 Å². The highest BCUT2D eigenvalue weighted by molar-refractivity contribution is 5.79. The molecule has 1 heterocycles. The van der Waals surface area contributed by atoms with Crippen LogP contribution < -0.4 is 0 Å². The molecule has 1 aromatic carbocycles. The minimum atomic E-state index is 0.0229. The van der Waals surface area contributed by atoms with Crippen LogP contribution >= 0.6 is 0 Å². The lowest BCUT2D eigenvalue weighted by atomic mass is 10.1. The number of carbonyl (C=O) groups is 2. The number of nitriles is 1. The number of carbonyl (C=O) groups excluding carboxylic acids is 2. The Balaban J connectivity index is 1.75. The maximum atomic E-state index is 12.4. The van der Waals surface area contributed by atoms with Crippen molar-refractivity contribution in [3.8, 4) is 6.07 Å². The fourth-order valence-corrected chi connectivity index (χ4v) is 2.80. The molecule has 0 aromatic heterocycles. The maximum absolute atomic E-state index is 12.4. The van der Waals surface area contributed by atoms with Gasteiger partial charge in [-0.15, -0.1) is 0 Å². The van der Waals surface area contributed by atoms with Gasteiger partial charge in [0.2, 0.25) is 11.8 Å². The second-order valence-electron chi connectivity index (χ2n) is 6.54. The molecule has 0 unspecified atom stereocenters. The van der Waals surface area contributed by atoms with Gasteiger partial charge in [0.05, 0.1) is 25.5 Å². The minimum absolute atomic E-state index is 0.0229. The highest BCUT2D eigenvalue weighted by atomic mass is 16.2. The lowest BCUT2D eigenvalue weighted by Gasteiger charge is -2.35. The van der Waals surface area contributed by atoms with E-state index in [9.17, 15) is 9.59 Å². The molecule has 0 aliphatic carbocycles. The van der Waals surface area contributed by atoms with Crippen molar-refractivity contribution in [2.45, 2.75) is 19.8 Å². The quantitative estimate of drug-likeness (QED) is 0.775. The zero-order chi connectivity index (χ0) is 18.2. The van der Waals surface area contributed by atoms with Crippen molar-refractivity contribution in [3.05, 3.63) is 35.4 Å². The van der Waals surface area contributed by atoms with Gasteiger partial charge in [-0.2, -0.15) is 5.26 Å². The summed E-state index contributed by atoms with van der Waals surface area (Å²) in [7, 11) is 1.72. The summed E-state index contributed by atoms with van der Waals surface area (Å²) in [4.78, 5) is 30.0. The van der Waals surface area contributed by atoms with E-state index in [0.29, 0.717) is 52.1 Å². The van der Waals surface area contributed by atoms with E-state index in [1.807, 2.05) is 42.2 Å². The van der Waals surface area contributed by atoms with Gasteiger partial charge in [-0.25, -0.2) is 0 Å². The number of likely N-dealkylation sites (N-methyl/N-ethyl adjacent to an activating group) is 1. The van der Waals surface area contributed by atoms with E-state index in [2.05, 4.69) is 4.90 Å². The van der Waals surface area contributed by atoms with E-state index in [1.54, 1.807) is 11.9 Å². The van der Waals surface area contributed by atoms with Gasteiger partial charge < -0.3 is 9.80 Å². The molecular weight excluding hydrogens is 316 g/mol. The molecule has 1 saturated heterocycles. The first-order valence-corrected chi connectivity index (χ1v) is 8.66. The Morgan fingerprint density at radius 3 is 2.40 bits per heavy atom. The number of benzene rings is 1. The summed E-state index contributed by atoms with van der Waals surface area (Å²) in [6, 6.07) is 10.1. The Morgan fingerprint density at radius 2 is 1.80 bits per heavy atom. The van der Waals surface area contributed by atoms with Gasteiger partial charge in [0.15, 0.2) is 0 Å². The van der Waals surface area contributed by atoms with Gasteiger partial charge in [-0.1, -0.05) is 29.8 Å². The van der Waals surface area contributed by atoms with Crippen molar-refractivity contribution in [2.24, 2.45) is 0 Å². The van der Waals surface area contributed by atoms with Crippen LogP contribution in [0.15, 0.2) is 24.3 Å². The van der Waals surface area contributed by atoms with Gasteiger partial charge in [-0.3, -0.25) is 14.5 Å². The molecule has 25 heavy (non-hydrogen) atoms. The monoisotopic (exact) mass is 342 g/mol. The van der Waals surface area contributed by atoms with Gasteiger partial charge in [0, 0.05) is 39.8 Å². The minimum Gasteiger partial charge on any atom is -0.344 e. The van der Waals surface area contributed by atoms with Crippen LogP contribution in [0.25, 0.3) is 0 Å². The van der Waals surface area contributed by atoms with Crippen molar-refractivity contribution in [2.75, 3.05) is 46.3 Å². The second kappa shape index (κ2) is 9.19. The van der Waals surface area contributed by atoms with E-state index in [4.69, 9.17) is 5.26 Å². The van der Waals surface area contributed by atoms with Crippen molar-refractivity contribution in [1.82, 2.24) is 14.7 Å². The molecule has 1 aromatic rings. The highest BCUT2D eigenvalue weighted by Gasteiger charge is 2.23. The molecule has 6 nitrogen and oxygen atoms in total. The largest absolute Gasteiger partial charge is 0.344 e. The summed E-state index contributed by atoms with van der Waals surface area (Å²) >= 11 is 0. The van der Waals surface area contributed by atoms with Crippen molar-refractivity contribution in [1.29, 1.82) is 5.26 Å². The smallest absolute Gasteiger partial charge is 0.236 e. The molecule has 0 bridgehead atoms. The van der Waals surface area contributed by atoms with E-state index in [1.165, 1.54) is 5.56 Å². The number of piperazine rings is 1. The van der Waals surface area contributed by atoms with Crippen molar-refractivity contribution >= 4 is 11.8 Å². The number of amides is 2. The Labute approximate surface area is 149 Å². The summed E-state index contributed by atoms with van der Waals surface area (Å²) in [6.07, 6.45) is 0.777. The average Bonchev–Trinajstić information content (AvgIpc) is 2.62. The number of nitrogens with zero attached hydrogens (tertiary/aromatic N) is 4. The zero-order valence-corrected chi connectivity index (χ0v) is 15.1. The van der Waals surface area contributed by atoms with Gasteiger partial charge in [0.25, 0.3) is 0 Å². The first kappa shape index (κ1) is 18.9. The summed E-state index contributed by atoms with van der Waals surface area (Å²) in [5.74, 6) is 0.163. The summed E-state index contributed by atoms with van der Waals surface area (Å²) in [6.45, 7) is 5.56. The molecule has 2 rings (SSSR count). The van der Waals surface area contributed by atoms with Gasteiger partial charge in [-0.05, 0) is 12.5 Å². The molecule has 2 amide bonds. The molecule has 0 atom stereocenters. The van der Waals surface area contributed by atoms with E-state index < -0.39 is 0 Å². The van der Waals surface area contributed by atoms with Crippen LogP contribution in [-0.4, -0.2) is 72.8 Å². The Morgan fingerprint density at radius 1 is 1.16 bits per heavy atom. The fourth-order valence-electron chi connectivity index (χ4n) is 2.80. The summed E-state index contributed by atoms with van der Waals surface area (Å²) < 4.78 is 0. The number of hydrogen-bond donors (Lipinski definition) is 0. The number of aryl methyl sites for hydroxylation is 1. The molecule has 0 N–H and O–H groups in total. The normalized spacial score (nSPS) is 14.8. The highest BCUT2D eigenvalue weighted by Crippen LogP contribution is 2.08. The third-order valence-electron chi connectivity index (χ3n) is 4.54. The molecule has 134 valence electrons. The van der Waals surface area contributed by atoms with Crippen molar-refractivity contribution in [3.63, 3.8) is 0 Å². The Hall–Kier alpha value is -2.39. The zero-order valence-electron chi connectivity index (χ0n) is 15.1. The molecule has 6 heteroatoms. The topological polar surface area (TPSA) is 67.7 Å². The molecule has 1 aliphatic rings. The molecule has 1 fully saturated rings. The van der Waals surface area contributed by atoms with E-state index in [0.717, 1.165) is 5.56 Å². The van der Waals surface area contributed by atoms with Crippen LogP contribution in [0.1, 0.15) is 17.5 Å². The van der Waals surface area contributed by atoms with Crippen LogP contribution in [0.5, 0.6) is 0 Å². The third kappa shape index (κ3) is 5.87. The Bertz CT molecular complexity index is 628. The lowest BCUT2D eigenvalue weighted by molar-refractivity contribution is -0.134. The van der Waals surface area contributed by atoms with Crippen LogP contribution in [0.4, 0.5) is 0 Å². The van der Waals surface area contributed by atoms with Crippen LogP contribution in [0.2, 0.25) is 0 Å². The standard InChI is InChI=1S/C19H26N4O2/c1-16-4-6-17(7-5-16)14-18(24)23-12-10-22(11-13-23)15-19(25)21(2)9-3-8-20/h4-7H,3,9-15H2,1-2H3. The predicted octanol–water partition coefficient (Wildman–Crippen LogP) is 1.05. The molecular formula is C19H26N4O2. The van der Waals surface area contributed by atoms with E-state index >= 15 is 0 Å². The molecule has 1 aliphatic heterocycles. The lowest BCUT2D eigenvalue weighted by Crippen LogP contribution is -2.51. The van der Waals surface area contributed by atoms with Crippen LogP contribution in [0, 0.1) is 18.3 Å². The number of rotatable bonds is 6.